The lowest BCUT2D eigenvalue weighted by Crippen LogP contribution is -2.20. The first-order valence-corrected chi connectivity index (χ1v) is 8.59. The van der Waals surface area contributed by atoms with E-state index in [4.69, 9.17) is 0 Å². The first kappa shape index (κ1) is 19.2. The molecule has 0 aliphatic rings. The number of amides is 2. The number of benzene rings is 2. The molecule has 0 fully saturated rings. The third-order valence-electron chi connectivity index (χ3n) is 3.74. The summed E-state index contributed by atoms with van der Waals surface area (Å²) in [6.07, 6.45) is 1.88. The van der Waals surface area contributed by atoms with Gasteiger partial charge in [0.15, 0.2) is 0 Å². The van der Waals surface area contributed by atoms with E-state index in [-0.39, 0.29) is 17.6 Å². The molecule has 2 aromatic rings. The van der Waals surface area contributed by atoms with E-state index in [0.29, 0.717) is 29.8 Å². The zero-order valence-electron chi connectivity index (χ0n) is 15.0. The molecule has 0 radical (unpaired) electrons. The summed E-state index contributed by atoms with van der Waals surface area (Å²) in [5.74, 6) is -0.198. The second kappa shape index (κ2) is 9.36. The lowest BCUT2D eigenvalue weighted by atomic mass is 10.1. The maximum atomic E-state index is 12.2. The first-order chi connectivity index (χ1) is 12.5. The van der Waals surface area contributed by atoms with Crippen LogP contribution < -0.4 is 10.7 Å². The largest absolute Gasteiger partial charge is 0.508 e. The molecule has 0 unspecified atom stereocenters. The van der Waals surface area contributed by atoms with Gasteiger partial charge in [0.25, 0.3) is 5.91 Å². The topological polar surface area (TPSA) is 90.8 Å². The van der Waals surface area contributed by atoms with Crippen LogP contribution in [0.25, 0.3) is 0 Å². The Kier molecular flexibility index (Phi) is 6.91. The minimum atomic E-state index is -0.332. The van der Waals surface area contributed by atoms with Crippen LogP contribution in [-0.2, 0) is 4.79 Å². The number of nitrogens with one attached hydrogen (secondary N) is 2. The smallest absolute Gasteiger partial charge is 0.271 e. The molecule has 2 rings (SSSR count). The quantitative estimate of drug-likeness (QED) is 0.524. The molecule has 0 saturated heterocycles. The fourth-order valence-electron chi connectivity index (χ4n) is 2.34. The van der Waals surface area contributed by atoms with Crippen molar-refractivity contribution in [3.8, 4) is 5.75 Å². The number of aromatic hydroxyl groups is 1. The summed E-state index contributed by atoms with van der Waals surface area (Å²) in [6, 6.07) is 13.3. The molecule has 26 heavy (non-hydrogen) atoms. The van der Waals surface area contributed by atoms with Crippen LogP contribution in [0, 0.1) is 0 Å². The van der Waals surface area contributed by atoms with E-state index in [2.05, 4.69) is 15.8 Å². The normalized spacial score (nSPS) is 11.1. The minimum absolute atomic E-state index is 0.0456. The number of hydrazone groups is 1. The molecule has 0 bridgehead atoms. The second-order valence-electron chi connectivity index (χ2n) is 5.78. The lowest BCUT2D eigenvalue weighted by Gasteiger charge is -2.07. The molecule has 6 nitrogen and oxygen atoms in total. The number of nitrogens with zero attached hydrogens (tertiary/aromatic N) is 1. The van der Waals surface area contributed by atoms with Gasteiger partial charge < -0.3 is 10.4 Å². The van der Waals surface area contributed by atoms with E-state index in [0.717, 1.165) is 12.0 Å². The van der Waals surface area contributed by atoms with Gasteiger partial charge in [-0.25, -0.2) is 5.43 Å². The predicted molar refractivity (Wildman–Crippen MR) is 102 cm³/mol. The molecular formula is C20H23N3O3. The Morgan fingerprint density at radius 1 is 0.962 bits per heavy atom. The van der Waals surface area contributed by atoms with Gasteiger partial charge in [-0.15, -0.1) is 0 Å². The molecule has 2 aromatic carbocycles. The van der Waals surface area contributed by atoms with Crippen molar-refractivity contribution in [1.29, 1.82) is 0 Å². The van der Waals surface area contributed by atoms with Crippen molar-refractivity contribution in [1.82, 2.24) is 5.43 Å². The third kappa shape index (κ3) is 5.44. The highest BCUT2D eigenvalue weighted by molar-refractivity contribution is 6.02. The number of phenols is 1. The van der Waals surface area contributed by atoms with Crippen LogP contribution >= 0.6 is 0 Å². The molecule has 0 aliphatic heterocycles. The highest BCUT2D eigenvalue weighted by atomic mass is 16.3. The molecule has 0 aromatic heterocycles. The number of carbonyl (C=O) groups excluding carboxylic acids is 2. The molecule has 0 spiro atoms. The molecule has 0 heterocycles. The van der Waals surface area contributed by atoms with E-state index in [1.807, 2.05) is 13.8 Å². The van der Waals surface area contributed by atoms with Crippen molar-refractivity contribution in [2.24, 2.45) is 5.10 Å². The van der Waals surface area contributed by atoms with Crippen molar-refractivity contribution in [2.45, 2.75) is 33.1 Å². The standard InChI is InChI=1S/C20H23N3O3/c1-3-5-19(25)21-16-10-6-15(7-11-16)20(26)23-22-18(4-2)14-8-12-17(24)13-9-14/h6-13,24H,3-5H2,1-2H3,(H,21,25)(H,23,26)/b22-18+. The summed E-state index contributed by atoms with van der Waals surface area (Å²) >= 11 is 0. The van der Waals surface area contributed by atoms with Gasteiger partial charge in [-0.3, -0.25) is 9.59 Å². The minimum Gasteiger partial charge on any atom is -0.508 e. The summed E-state index contributed by atoms with van der Waals surface area (Å²) in [4.78, 5) is 23.8. The Labute approximate surface area is 152 Å². The predicted octanol–water partition coefficient (Wildman–Crippen LogP) is 3.67. The Morgan fingerprint density at radius 3 is 2.15 bits per heavy atom. The zero-order valence-corrected chi connectivity index (χ0v) is 15.0. The fourth-order valence-corrected chi connectivity index (χ4v) is 2.34. The van der Waals surface area contributed by atoms with Gasteiger partial charge in [-0.05, 0) is 66.9 Å². The van der Waals surface area contributed by atoms with Crippen LogP contribution in [0.15, 0.2) is 53.6 Å². The van der Waals surface area contributed by atoms with Crippen molar-refractivity contribution in [2.75, 3.05) is 5.32 Å². The van der Waals surface area contributed by atoms with E-state index in [1.165, 1.54) is 0 Å². The Bertz CT molecular complexity index is 781. The van der Waals surface area contributed by atoms with Crippen LogP contribution in [0.1, 0.15) is 49.0 Å². The summed E-state index contributed by atoms with van der Waals surface area (Å²) in [5.41, 5.74) is 5.19. The van der Waals surface area contributed by atoms with Gasteiger partial charge in [0.2, 0.25) is 5.91 Å². The number of hydrogen-bond donors (Lipinski definition) is 3. The number of phenolic OH excluding ortho intramolecular Hbond substituents is 1. The number of carbonyl (C=O) groups is 2. The fraction of sp³-hybridized carbons (Fsp3) is 0.250. The highest BCUT2D eigenvalue weighted by Gasteiger charge is 2.07. The first-order valence-electron chi connectivity index (χ1n) is 8.59. The average Bonchev–Trinajstić information content (AvgIpc) is 2.64. The van der Waals surface area contributed by atoms with Crippen LogP contribution in [0.5, 0.6) is 5.75 Å². The van der Waals surface area contributed by atoms with Crippen molar-refractivity contribution in [3.63, 3.8) is 0 Å². The lowest BCUT2D eigenvalue weighted by molar-refractivity contribution is -0.116. The van der Waals surface area contributed by atoms with Gasteiger partial charge in [0.05, 0.1) is 5.71 Å². The van der Waals surface area contributed by atoms with Crippen LogP contribution in [0.4, 0.5) is 5.69 Å². The van der Waals surface area contributed by atoms with Crippen LogP contribution in [0.2, 0.25) is 0 Å². The molecule has 2 amide bonds. The number of rotatable bonds is 7. The van der Waals surface area contributed by atoms with Crippen molar-refractivity contribution < 1.29 is 14.7 Å². The molecule has 6 heteroatoms. The van der Waals surface area contributed by atoms with E-state index < -0.39 is 0 Å². The summed E-state index contributed by atoms with van der Waals surface area (Å²) in [7, 11) is 0. The molecule has 136 valence electrons. The molecule has 3 N–H and O–H groups in total. The SMILES string of the molecule is CCCC(=O)Nc1ccc(C(=O)N/N=C(\CC)c2ccc(O)cc2)cc1. The van der Waals surface area contributed by atoms with Gasteiger partial charge >= 0.3 is 0 Å². The van der Waals surface area contributed by atoms with Crippen molar-refractivity contribution in [3.05, 3.63) is 59.7 Å². The summed E-state index contributed by atoms with van der Waals surface area (Å²) in [6.45, 7) is 3.88. The Hall–Kier alpha value is -3.15. The monoisotopic (exact) mass is 353 g/mol. The van der Waals surface area contributed by atoms with E-state index >= 15 is 0 Å². The maximum Gasteiger partial charge on any atom is 0.271 e. The van der Waals surface area contributed by atoms with Crippen LogP contribution in [0.3, 0.4) is 0 Å². The third-order valence-corrected chi connectivity index (χ3v) is 3.74. The zero-order chi connectivity index (χ0) is 18.9. The Morgan fingerprint density at radius 2 is 1.58 bits per heavy atom. The van der Waals surface area contributed by atoms with E-state index in [9.17, 15) is 14.7 Å². The highest BCUT2D eigenvalue weighted by Crippen LogP contribution is 2.13. The molecular weight excluding hydrogens is 330 g/mol. The van der Waals surface area contributed by atoms with Crippen molar-refractivity contribution >= 4 is 23.2 Å². The van der Waals surface area contributed by atoms with Gasteiger partial charge in [0, 0.05) is 17.7 Å². The van der Waals surface area contributed by atoms with Gasteiger partial charge in [0.1, 0.15) is 5.75 Å². The maximum absolute atomic E-state index is 12.2. The molecule has 0 saturated carbocycles. The molecule has 0 atom stereocenters. The molecule has 0 aliphatic carbocycles. The second-order valence-corrected chi connectivity index (χ2v) is 5.78. The summed E-state index contributed by atoms with van der Waals surface area (Å²) < 4.78 is 0. The number of anilines is 1. The summed E-state index contributed by atoms with van der Waals surface area (Å²) in [5, 5.41) is 16.3. The average molecular weight is 353 g/mol. The number of hydrogen-bond acceptors (Lipinski definition) is 4. The van der Waals surface area contributed by atoms with Gasteiger partial charge in [-0.1, -0.05) is 13.8 Å². The van der Waals surface area contributed by atoms with Gasteiger partial charge in [-0.2, -0.15) is 5.10 Å². The van der Waals surface area contributed by atoms with Crippen LogP contribution in [-0.4, -0.2) is 22.6 Å². The van der Waals surface area contributed by atoms with E-state index in [1.54, 1.807) is 48.5 Å². The Balaban J connectivity index is 2.02.